The molecule has 0 aliphatic carbocycles. The summed E-state index contributed by atoms with van der Waals surface area (Å²) in [6.07, 6.45) is 1.74. The van der Waals surface area contributed by atoms with Gasteiger partial charge in [0, 0.05) is 24.5 Å². The second kappa shape index (κ2) is 9.26. The Labute approximate surface area is 192 Å². The molecule has 0 radical (unpaired) electrons. The normalized spacial score (nSPS) is 15.0. The molecule has 1 aliphatic rings. The van der Waals surface area contributed by atoms with Crippen molar-refractivity contribution >= 4 is 38.5 Å². The van der Waals surface area contributed by atoms with E-state index >= 15 is 0 Å². The predicted octanol–water partition coefficient (Wildman–Crippen LogP) is 4.25. The van der Waals surface area contributed by atoms with Gasteiger partial charge in [0.2, 0.25) is 0 Å². The van der Waals surface area contributed by atoms with Gasteiger partial charge < -0.3 is 19.6 Å². The number of guanidine groups is 1. The molecule has 1 saturated heterocycles. The van der Waals surface area contributed by atoms with Crippen LogP contribution < -0.4 is 14.7 Å². The van der Waals surface area contributed by atoms with E-state index in [0.29, 0.717) is 23.7 Å². The third-order valence-corrected chi connectivity index (χ3v) is 7.28. The first kappa shape index (κ1) is 22.2. The largest absolute Gasteiger partial charge is 0.493 e. The number of benzene rings is 3. The van der Waals surface area contributed by atoms with Crippen molar-refractivity contribution in [2.24, 2.45) is 11.7 Å². The van der Waals surface area contributed by atoms with Crippen LogP contribution in [-0.4, -0.2) is 39.0 Å². The van der Waals surface area contributed by atoms with Crippen molar-refractivity contribution in [3.05, 3.63) is 65.7 Å². The summed E-state index contributed by atoms with van der Waals surface area (Å²) in [5, 5.41) is 9.10. The van der Waals surface area contributed by atoms with Crippen molar-refractivity contribution < 1.29 is 17.3 Å². The zero-order valence-electron chi connectivity index (χ0n) is 17.3. The highest BCUT2D eigenvalue weighted by atomic mass is 35.5. The second-order valence-electron chi connectivity index (χ2n) is 7.74. The Morgan fingerprint density at radius 2 is 1.78 bits per heavy atom. The van der Waals surface area contributed by atoms with Crippen LogP contribution in [0.4, 0.5) is 0 Å². The summed E-state index contributed by atoms with van der Waals surface area (Å²) in [5.41, 5.74) is 5.56. The molecule has 0 amide bonds. The summed E-state index contributed by atoms with van der Waals surface area (Å²) in [5.74, 6) is 1.14. The number of nitrogens with one attached hydrogen (secondary N) is 1. The van der Waals surface area contributed by atoms with Crippen LogP contribution >= 0.6 is 11.6 Å². The van der Waals surface area contributed by atoms with Gasteiger partial charge in [-0.3, -0.25) is 5.41 Å². The fraction of sp³-hybridized carbons (Fsp3) is 0.261. The number of halogens is 1. The fourth-order valence-electron chi connectivity index (χ4n) is 3.77. The number of likely N-dealkylation sites (tertiary alicyclic amines) is 1. The first-order chi connectivity index (χ1) is 15.3. The van der Waals surface area contributed by atoms with Gasteiger partial charge in [0.05, 0.1) is 11.6 Å². The van der Waals surface area contributed by atoms with Crippen LogP contribution in [0.5, 0.6) is 11.5 Å². The van der Waals surface area contributed by atoms with E-state index in [1.165, 1.54) is 12.1 Å². The van der Waals surface area contributed by atoms with Gasteiger partial charge in [-0.15, -0.1) is 0 Å². The summed E-state index contributed by atoms with van der Waals surface area (Å²) >= 11 is 6.08. The second-order valence-corrected chi connectivity index (χ2v) is 9.66. The summed E-state index contributed by atoms with van der Waals surface area (Å²) in [7, 11) is -4.13. The van der Waals surface area contributed by atoms with E-state index in [1.54, 1.807) is 24.3 Å². The zero-order valence-corrected chi connectivity index (χ0v) is 18.9. The Kier molecular flexibility index (Phi) is 6.43. The highest BCUT2D eigenvalue weighted by molar-refractivity contribution is 7.87. The van der Waals surface area contributed by atoms with Crippen molar-refractivity contribution in [1.82, 2.24) is 4.90 Å². The molecule has 168 valence electrons. The van der Waals surface area contributed by atoms with E-state index in [4.69, 9.17) is 31.7 Å². The van der Waals surface area contributed by atoms with Gasteiger partial charge in [0.25, 0.3) is 0 Å². The lowest BCUT2D eigenvalue weighted by molar-refractivity contribution is 0.180. The number of fused-ring (bicyclic) bond motifs is 1. The number of hydrogen-bond acceptors (Lipinski definition) is 5. The monoisotopic (exact) mass is 473 g/mol. The average molecular weight is 474 g/mol. The minimum absolute atomic E-state index is 0.0886. The maximum atomic E-state index is 12.9. The van der Waals surface area contributed by atoms with Gasteiger partial charge in [-0.1, -0.05) is 48.0 Å². The number of ether oxygens (including phenoxy) is 1. The molecular weight excluding hydrogens is 450 g/mol. The number of rotatable bonds is 6. The lowest BCUT2D eigenvalue weighted by atomic mass is 9.98. The lowest BCUT2D eigenvalue weighted by Gasteiger charge is -2.32. The fourth-order valence-corrected chi connectivity index (χ4v) is 5.20. The Hall–Kier alpha value is -2.97. The zero-order chi connectivity index (χ0) is 22.7. The minimum Gasteiger partial charge on any atom is -0.493 e. The molecular formula is C23H24ClN3O4S. The molecule has 3 N–H and O–H groups in total. The average Bonchev–Trinajstić information content (AvgIpc) is 2.78. The summed E-state index contributed by atoms with van der Waals surface area (Å²) in [6.45, 7) is 1.94. The van der Waals surface area contributed by atoms with Crippen molar-refractivity contribution in [3.63, 3.8) is 0 Å². The molecule has 1 fully saturated rings. The molecule has 7 nitrogen and oxygen atoms in total. The van der Waals surface area contributed by atoms with Crippen molar-refractivity contribution in [3.8, 4) is 11.5 Å². The smallest absolute Gasteiger partial charge is 0.340 e. The molecule has 0 spiro atoms. The first-order valence-electron chi connectivity index (χ1n) is 10.3. The van der Waals surface area contributed by atoms with Gasteiger partial charge in [-0.25, -0.2) is 0 Å². The maximum absolute atomic E-state index is 12.9. The Morgan fingerprint density at radius 1 is 1.09 bits per heavy atom. The summed E-state index contributed by atoms with van der Waals surface area (Å²) in [6, 6.07) is 17.0. The standard InChI is InChI=1S/C23H24ClN3O4S/c24-20-7-3-4-8-22(20)32(28,29)31-21-14-18(13-17-5-1-2-6-19(17)21)30-15-16-9-11-27(12-10-16)23(25)26/h1-8,13-14,16H,9-12,15H2,(H3,25,26). The number of hydrogen-bond donors (Lipinski definition) is 2. The van der Waals surface area contributed by atoms with E-state index in [0.717, 1.165) is 31.3 Å². The van der Waals surface area contributed by atoms with Crippen LogP contribution in [0.3, 0.4) is 0 Å². The Balaban J connectivity index is 1.56. The molecule has 1 aliphatic heterocycles. The molecule has 0 unspecified atom stereocenters. The van der Waals surface area contributed by atoms with Crippen molar-refractivity contribution in [2.75, 3.05) is 19.7 Å². The number of nitrogens with two attached hydrogens (primary N) is 1. The van der Waals surface area contributed by atoms with Gasteiger partial charge in [0.1, 0.15) is 10.6 Å². The van der Waals surface area contributed by atoms with Crippen LogP contribution in [-0.2, 0) is 10.1 Å². The molecule has 3 aromatic carbocycles. The van der Waals surface area contributed by atoms with Gasteiger partial charge in [0.15, 0.2) is 11.7 Å². The third-order valence-electron chi connectivity index (χ3n) is 5.54. The van der Waals surface area contributed by atoms with Gasteiger partial charge in [-0.05, 0) is 42.3 Å². The predicted molar refractivity (Wildman–Crippen MR) is 125 cm³/mol. The van der Waals surface area contributed by atoms with E-state index in [-0.39, 0.29) is 21.6 Å². The van der Waals surface area contributed by atoms with Crippen molar-refractivity contribution in [1.29, 1.82) is 5.41 Å². The SMILES string of the molecule is N=C(N)N1CCC(COc2cc(OS(=O)(=O)c3ccccc3Cl)c3ccccc3c2)CC1. The van der Waals surface area contributed by atoms with E-state index < -0.39 is 10.1 Å². The third kappa shape index (κ3) is 4.92. The highest BCUT2D eigenvalue weighted by Crippen LogP contribution is 2.34. The van der Waals surface area contributed by atoms with Crippen LogP contribution in [0.1, 0.15) is 12.8 Å². The summed E-state index contributed by atoms with van der Waals surface area (Å²) in [4.78, 5) is 1.76. The molecule has 0 bridgehead atoms. The topological polar surface area (TPSA) is 106 Å². The van der Waals surface area contributed by atoms with Crippen molar-refractivity contribution in [2.45, 2.75) is 17.7 Å². The molecule has 1 heterocycles. The first-order valence-corrected chi connectivity index (χ1v) is 12.1. The van der Waals surface area contributed by atoms with Gasteiger partial charge in [-0.2, -0.15) is 8.42 Å². The molecule has 9 heteroatoms. The van der Waals surface area contributed by atoms with E-state index in [1.807, 2.05) is 29.2 Å². The molecule has 0 atom stereocenters. The Bertz CT molecular complexity index is 1240. The molecule has 4 rings (SSSR count). The molecule has 0 aromatic heterocycles. The quantitative estimate of drug-likeness (QED) is 0.315. The summed E-state index contributed by atoms with van der Waals surface area (Å²) < 4.78 is 37.3. The molecule has 3 aromatic rings. The van der Waals surface area contributed by atoms with Crippen LogP contribution in [0.25, 0.3) is 10.8 Å². The van der Waals surface area contributed by atoms with E-state index in [9.17, 15) is 8.42 Å². The molecule has 0 saturated carbocycles. The maximum Gasteiger partial charge on any atom is 0.340 e. The van der Waals surface area contributed by atoms with Crippen LogP contribution in [0.2, 0.25) is 5.02 Å². The number of nitrogens with zero attached hydrogens (tertiary/aromatic N) is 1. The Morgan fingerprint density at radius 3 is 2.50 bits per heavy atom. The van der Waals surface area contributed by atoms with Crippen LogP contribution in [0, 0.1) is 11.3 Å². The van der Waals surface area contributed by atoms with Crippen LogP contribution in [0.15, 0.2) is 65.6 Å². The highest BCUT2D eigenvalue weighted by Gasteiger charge is 2.23. The number of piperidine rings is 1. The molecule has 32 heavy (non-hydrogen) atoms. The minimum atomic E-state index is -4.13. The lowest BCUT2D eigenvalue weighted by Crippen LogP contribution is -2.43. The van der Waals surface area contributed by atoms with Gasteiger partial charge >= 0.3 is 10.1 Å². The van der Waals surface area contributed by atoms with E-state index in [2.05, 4.69) is 0 Å².